The molecule has 0 atom stereocenters. The molecule has 0 aromatic carbocycles. The Morgan fingerprint density at radius 1 is 1.53 bits per heavy atom. The Morgan fingerprint density at radius 3 is 2.00 bits per heavy atom. The minimum Gasteiger partial charge on any atom is -0.512 e. The third-order valence-corrected chi connectivity index (χ3v) is 1.06. The largest absolute Gasteiger partial charge is 1.00 e. The van der Waals surface area contributed by atoms with Crippen molar-refractivity contribution in [3.05, 3.63) is 12.1 Å². The van der Waals surface area contributed by atoms with Gasteiger partial charge in [0.05, 0.1) is 0 Å². The molecule has 1 heterocycles. The number of aromatic nitrogens is 2. The van der Waals surface area contributed by atoms with Gasteiger partial charge in [-0.3, -0.25) is 16.4 Å². The molecule has 7 N–H and O–H groups in total. The number of thiocarbonyl (C=S) groups is 1. The van der Waals surface area contributed by atoms with E-state index in [9.17, 15) is 0 Å². The molecule has 0 fully saturated rings. The zero-order valence-corrected chi connectivity index (χ0v) is 19.9. The molecule has 0 aliphatic carbocycles. The normalized spacial score (nSPS) is 5.80. The average Bonchev–Trinajstić information content (AvgIpc) is 2.60. The van der Waals surface area contributed by atoms with Gasteiger partial charge < -0.3 is 28.7 Å². The second-order valence-corrected chi connectivity index (χ2v) is 2.48. The van der Waals surface area contributed by atoms with E-state index in [-0.39, 0.29) is 121 Å². The van der Waals surface area contributed by atoms with Gasteiger partial charge in [0.25, 0.3) is 0 Å². The molecule has 0 amide bonds. The number of hydrogen-bond acceptors (Lipinski definition) is 7. The van der Waals surface area contributed by atoms with Gasteiger partial charge in [-0.05, 0) is 12.2 Å². The molecule has 72 valence electrons. The Labute approximate surface area is 195 Å². The maximum atomic E-state index is 6.25. The Bertz CT molecular complexity index is 238. The van der Waals surface area contributed by atoms with Crippen LogP contribution in [0.15, 0.2) is 0 Å². The summed E-state index contributed by atoms with van der Waals surface area (Å²) in [4.78, 5) is 0. The van der Waals surface area contributed by atoms with Crippen molar-refractivity contribution in [2.45, 2.75) is 0 Å². The van der Waals surface area contributed by atoms with E-state index in [0.29, 0.717) is 5.13 Å². The molecule has 0 saturated carbocycles. The average molecular weight is 388 g/mol. The Kier molecular flexibility index (Phi) is 36.9. The number of nitrogen functional groups attached to an aromatic ring is 1. The molecule has 0 saturated heterocycles. The smallest absolute Gasteiger partial charge is 0.512 e. The Balaban J connectivity index is -0.0000000629. The summed E-state index contributed by atoms with van der Waals surface area (Å²) in [7, 11) is 0. The predicted molar refractivity (Wildman–Crippen MR) is 52.2 cm³/mol. The zero-order valence-electron chi connectivity index (χ0n) is 8.39. The third-order valence-electron chi connectivity index (χ3n) is 0.482. The zero-order chi connectivity index (χ0) is 10.7. The van der Waals surface area contributed by atoms with Crippen LogP contribution in [-0.2, 0) is 0 Å². The molecule has 1 aromatic rings. The molecule has 0 aliphatic heterocycles. The third kappa shape index (κ3) is 26.0. The van der Waals surface area contributed by atoms with E-state index < -0.39 is 0 Å². The topological polar surface area (TPSA) is 140 Å². The van der Waals surface area contributed by atoms with Crippen molar-refractivity contribution in [3.8, 4) is 0 Å². The quantitative estimate of drug-likeness (QED) is 0.149. The molecule has 0 unspecified atom stereocenters. The van der Waals surface area contributed by atoms with E-state index in [1.54, 1.807) is 0 Å². The van der Waals surface area contributed by atoms with Crippen LogP contribution in [-0.4, -0.2) is 15.3 Å². The maximum absolute atomic E-state index is 6.25. The summed E-state index contributed by atoms with van der Waals surface area (Å²) in [6.45, 7) is 4.75. The molecule has 1 rings (SSSR count). The van der Waals surface area contributed by atoms with E-state index in [1.807, 2.05) is 5.43 Å². The SMILES string of the molecule is NNC(N)=S.Nc1nn[c-]s1.[C-]#N.[Rb+].[Rb+]. The number of hydrazine groups is 1. The Morgan fingerprint density at radius 2 is 1.93 bits per heavy atom. The van der Waals surface area contributed by atoms with Crippen LogP contribution in [0.2, 0.25) is 0 Å². The number of anilines is 1. The van der Waals surface area contributed by atoms with Gasteiger partial charge in [0.1, 0.15) is 0 Å². The van der Waals surface area contributed by atoms with E-state index >= 15 is 0 Å². The first-order valence-electron chi connectivity index (χ1n) is 2.60. The van der Waals surface area contributed by atoms with Crippen LogP contribution >= 0.6 is 23.6 Å². The summed E-state index contributed by atoms with van der Waals surface area (Å²) in [5, 5.41) is 13.6. The van der Waals surface area contributed by atoms with E-state index in [4.69, 9.17) is 23.3 Å². The molecule has 0 spiro atoms. The van der Waals surface area contributed by atoms with E-state index in [1.165, 1.54) is 11.3 Å². The van der Waals surface area contributed by atoms with Gasteiger partial charge >= 0.3 is 116 Å². The van der Waals surface area contributed by atoms with Crippen LogP contribution in [0, 0.1) is 17.3 Å². The standard InChI is InChI=1S/C2H2N3S.CH5N3S.CN.2Rb/c3-2-5-4-1-6-2;2-1(5)4-3;1-2;;/h(H2,3,5);3H2,(H3,2,4,5);;;/q-1;;-1;2*+1. The molecule has 15 heavy (non-hydrogen) atoms. The Hall–Kier alpha value is 2.11. The van der Waals surface area contributed by atoms with Crippen LogP contribution in [0.1, 0.15) is 0 Å². The van der Waals surface area contributed by atoms with Gasteiger partial charge in [0.2, 0.25) is 0 Å². The van der Waals surface area contributed by atoms with Gasteiger partial charge in [-0.15, -0.1) is 0 Å². The van der Waals surface area contributed by atoms with Crippen molar-refractivity contribution in [2.75, 3.05) is 5.73 Å². The molecule has 7 nitrogen and oxygen atoms in total. The second-order valence-electron chi connectivity index (χ2n) is 1.24. The van der Waals surface area contributed by atoms with Crippen LogP contribution in [0.4, 0.5) is 5.13 Å². The predicted octanol–water partition coefficient (Wildman–Crippen LogP) is -7.28. The fraction of sp³-hybridized carbons (Fsp3) is 0. The molecular formula is C4H7N7Rb2S2. The summed E-state index contributed by atoms with van der Waals surface area (Å²) >= 11 is 5.45. The first-order valence-corrected chi connectivity index (χ1v) is 3.82. The first-order chi connectivity index (χ1) is 6.16. The van der Waals surface area contributed by atoms with Gasteiger partial charge in [-0.1, -0.05) is 5.51 Å². The van der Waals surface area contributed by atoms with Gasteiger partial charge in [0.15, 0.2) is 5.11 Å². The van der Waals surface area contributed by atoms with Crippen molar-refractivity contribution >= 4 is 33.8 Å². The van der Waals surface area contributed by atoms with Crippen LogP contribution < -0.4 is 139 Å². The monoisotopic (exact) mass is 387 g/mol. The molecule has 0 bridgehead atoms. The number of nitrogens with two attached hydrogens (primary N) is 3. The van der Waals surface area contributed by atoms with Gasteiger partial charge in [-0.25, -0.2) is 10.9 Å². The maximum Gasteiger partial charge on any atom is 1.00 e. The minimum absolute atomic E-state index is 0. The van der Waals surface area contributed by atoms with Crippen molar-refractivity contribution in [3.63, 3.8) is 0 Å². The van der Waals surface area contributed by atoms with Crippen LogP contribution in [0.5, 0.6) is 0 Å². The van der Waals surface area contributed by atoms with Crippen molar-refractivity contribution in [1.82, 2.24) is 15.6 Å². The second kappa shape index (κ2) is 21.4. The summed E-state index contributed by atoms with van der Waals surface area (Å²) in [6, 6.07) is 0. The summed E-state index contributed by atoms with van der Waals surface area (Å²) in [6.07, 6.45) is 0. The molecule has 0 aliphatic rings. The summed E-state index contributed by atoms with van der Waals surface area (Å²) < 4.78 is 0. The molecule has 1 aromatic heterocycles. The van der Waals surface area contributed by atoms with Gasteiger partial charge in [0, 0.05) is 5.13 Å². The first kappa shape index (κ1) is 25.8. The van der Waals surface area contributed by atoms with E-state index in [0.717, 1.165) is 0 Å². The van der Waals surface area contributed by atoms with E-state index in [2.05, 4.69) is 33.8 Å². The number of rotatable bonds is 0. The number of nitrogens with one attached hydrogen (secondary N) is 1. The number of nitrogens with zero attached hydrogens (tertiary/aromatic N) is 3. The van der Waals surface area contributed by atoms with Crippen molar-refractivity contribution in [2.24, 2.45) is 11.6 Å². The fourth-order valence-electron chi connectivity index (χ4n) is 0.157. The minimum atomic E-state index is 0. The van der Waals surface area contributed by atoms with Crippen molar-refractivity contribution < 1.29 is 116 Å². The summed E-state index contributed by atoms with van der Waals surface area (Å²) in [5.41, 5.74) is 14.4. The summed E-state index contributed by atoms with van der Waals surface area (Å²) in [5.74, 6) is 4.66. The van der Waals surface area contributed by atoms with Crippen molar-refractivity contribution in [1.29, 1.82) is 5.26 Å². The number of hydrogen-bond donors (Lipinski definition) is 4. The molecular weight excluding hydrogens is 381 g/mol. The van der Waals surface area contributed by atoms with Crippen LogP contribution in [0.25, 0.3) is 0 Å². The molecule has 11 heteroatoms. The molecule has 0 radical (unpaired) electrons. The van der Waals surface area contributed by atoms with Gasteiger partial charge in [-0.2, -0.15) is 0 Å². The fourth-order valence-corrected chi connectivity index (χ4v) is 0.414. The van der Waals surface area contributed by atoms with Crippen LogP contribution in [0.3, 0.4) is 0 Å².